The van der Waals surface area contributed by atoms with E-state index in [4.69, 9.17) is 9.47 Å². The van der Waals surface area contributed by atoms with Crippen LogP contribution < -0.4 is 9.47 Å². The minimum atomic E-state index is -0.661. The van der Waals surface area contributed by atoms with Crippen LogP contribution >= 0.6 is 11.7 Å². The first kappa shape index (κ1) is 16.2. The van der Waals surface area contributed by atoms with E-state index in [-0.39, 0.29) is 18.3 Å². The third-order valence-corrected chi connectivity index (χ3v) is 4.84. The molecule has 25 heavy (non-hydrogen) atoms. The number of piperidine rings is 1. The minimum Gasteiger partial charge on any atom is -0.468 e. The number of hydrogen-bond acceptors (Lipinski definition) is 6. The highest BCUT2D eigenvalue weighted by atomic mass is 32.1. The fraction of sp³-hybridized carbons (Fsp3) is 0.412. The van der Waals surface area contributed by atoms with Crippen molar-refractivity contribution in [3.05, 3.63) is 35.4 Å². The van der Waals surface area contributed by atoms with Crippen molar-refractivity contribution >= 4 is 11.7 Å². The second-order valence-electron chi connectivity index (χ2n) is 6.09. The van der Waals surface area contributed by atoms with E-state index < -0.39 is 11.6 Å². The molecule has 3 unspecified atom stereocenters. The van der Waals surface area contributed by atoms with Crippen LogP contribution in [0.2, 0.25) is 0 Å². The van der Waals surface area contributed by atoms with Crippen molar-refractivity contribution in [2.75, 3.05) is 26.2 Å². The molecule has 1 aromatic heterocycles. The van der Waals surface area contributed by atoms with Gasteiger partial charge in [0.05, 0.1) is 11.7 Å². The molecule has 0 N–H and O–H groups in total. The highest BCUT2D eigenvalue weighted by Gasteiger charge is 2.40. The molecule has 0 amide bonds. The number of nitrogens with zero attached hydrogens (tertiary/aromatic N) is 3. The van der Waals surface area contributed by atoms with Crippen molar-refractivity contribution < 1.29 is 18.3 Å². The molecule has 2 aromatic rings. The molecule has 2 aliphatic rings. The molecule has 2 fully saturated rings. The van der Waals surface area contributed by atoms with Gasteiger partial charge in [0.2, 0.25) is 0 Å². The zero-order valence-electron chi connectivity index (χ0n) is 13.2. The smallest absolute Gasteiger partial charge is 0.292 e. The third-order valence-electron chi connectivity index (χ3n) is 4.34. The maximum Gasteiger partial charge on any atom is 0.292 e. The van der Waals surface area contributed by atoms with E-state index in [2.05, 4.69) is 25.5 Å². The van der Waals surface area contributed by atoms with Crippen LogP contribution in [0.15, 0.2) is 18.2 Å². The van der Waals surface area contributed by atoms with E-state index in [1.54, 1.807) is 0 Å². The number of benzene rings is 1. The van der Waals surface area contributed by atoms with Crippen molar-refractivity contribution in [2.45, 2.75) is 12.5 Å². The van der Waals surface area contributed by atoms with Gasteiger partial charge in [-0.25, -0.2) is 8.78 Å². The van der Waals surface area contributed by atoms with E-state index >= 15 is 0 Å². The molecule has 0 aliphatic carbocycles. The number of fused-ring (bicyclic) bond motifs is 2. The lowest BCUT2D eigenvalue weighted by atomic mass is 10.0. The lowest BCUT2D eigenvalue weighted by Gasteiger charge is -2.22. The maximum absolute atomic E-state index is 13.1. The summed E-state index contributed by atoms with van der Waals surface area (Å²) >= 11 is 1.02. The van der Waals surface area contributed by atoms with Gasteiger partial charge in [-0.1, -0.05) is 11.8 Å². The molecule has 2 aliphatic heterocycles. The average molecular weight is 363 g/mol. The van der Waals surface area contributed by atoms with Gasteiger partial charge in [0.1, 0.15) is 17.7 Å². The maximum atomic E-state index is 13.1. The zero-order valence-corrected chi connectivity index (χ0v) is 14.1. The molecule has 5 nitrogen and oxygen atoms in total. The van der Waals surface area contributed by atoms with E-state index in [9.17, 15) is 8.78 Å². The first-order valence-electron chi connectivity index (χ1n) is 7.97. The second kappa shape index (κ2) is 6.94. The molecule has 1 aromatic carbocycles. The van der Waals surface area contributed by atoms with Crippen LogP contribution in [0.5, 0.6) is 11.8 Å². The summed E-state index contributed by atoms with van der Waals surface area (Å²) in [5, 5.41) is 0. The van der Waals surface area contributed by atoms with Crippen LogP contribution in [0.25, 0.3) is 0 Å². The van der Waals surface area contributed by atoms with Crippen molar-refractivity contribution in [3.8, 4) is 23.6 Å². The Morgan fingerprint density at radius 2 is 1.96 bits per heavy atom. The zero-order chi connectivity index (χ0) is 17.2. The first-order valence-corrected chi connectivity index (χ1v) is 8.70. The van der Waals surface area contributed by atoms with Crippen molar-refractivity contribution in [1.82, 2.24) is 13.6 Å². The van der Waals surface area contributed by atoms with E-state index in [1.165, 1.54) is 12.1 Å². The number of aromatic nitrogens is 2. The van der Waals surface area contributed by atoms with E-state index in [0.717, 1.165) is 43.8 Å². The quantitative estimate of drug-likeness (QED) is 0.781. The Hall–Kier alpha value is -2.24. The molecule has 4 rings (SSSR count). The molecule has 2 bridgehead atoms. The fourth-order valence-corrected chi connectivity index (χ4v) is 3.65. The topological polar surface area (TPSA) is 47.5 Å². The lowest BCUT2D eigenvalue weighted by molar-refractivity contribution is 0.131. The standard InChI is InChI=1S/C17H15F2N3O2S/c18-13-6-11(7-14(19)8-13)2-1-5-23-16-17(21-25-20-16)24-15-10-22-4-3-12(15)9-22/h6-8,12,15H,3-5,9-10H2. The number of rotatable bonds is 4. The van der Waals surface area contributed by atoms with Gasteiger partial charge in [-0.3, -0.25) is 4.90 Å². The van der Waals surface area contributed by atoms with E-state index in [1.807, 2.05) is 0 Å². The molecule has 3 heterocycles. The Balaban J connectivity index is 1.35. The largest absolute Gasteiger partial charge is 0.468 e. The van der Waals surface area contributed by atoms with Gasteiger partial charge < -0.3 is 9.47 Å². The van der Waals surface area contributed by atoms with Crippen molar-refractivity contribution in [1.29, 1.82) is 0 Å². The van der Waals surface area contributed by atoms with E-state index in [0.29, 0.717) is 17.7 Å². The molecule has 0 radical (unpaired) electrons. The van der Waals surface area contributed by atoms with Gasteiger partial charge in [-0.2, -0.15) is 0 Å². The Bertz CT molecular complexity index is 813. The molecule has 130 valence electrons. The van der Waals surface area contributed by atoms with Crippen LogP contribution in [0.1, 0.15) is 12.0 Å². The monoisotopic (exact) mass is 363 g/mol. The molecule has 8 heteroatoms. The van der Waals surface area contributed by atoms with Crippen LogP contribution in [-0.2, 0) is 0 Å². The van der Waals surface area contributed by atoms with Gasteiger partial charge in [-0.05, 0) is 25.1 Å². The summed E-state index contributed by atoms with van der Waals surface area (Å²) in [6, 6.07) is 3.14. The van der Waals surface area contributed by atoms with Crippen LogP contribution in [-0.4, -0.2) is 46.0 Å². The number of hydrogen-bond donors (Lipinski definition) is 0. The third kappa shape index (κ3) is 3.72. The van der Waals surface area contributed by atoms with Gasteiger partial charge in [0.25, 0.3) is 11.8 Å². The van der Waals surface area contributed by atoms with Gasteiger partial charge in [0.15, 0.2) is 6.61 Å². The normalized spacial score (nSPS) is 24.0. The Morgan fingerprint density at radius 1 is 1.16 bits per heavy atom. The Kier molecular flexibility index (Phi) is 4.51. The van der Waals surface area contributed by atoms with Crippen molar-refractivity contribution in [3.63, 3.8) is 0 Å². The highest BCUT2D eigenvalue weighted by Crippen LogP contribution is 2.33. The van der Waals surface area contributed by atoms with Gasteiger partial charge in [-0.15, -0.1) is 8.75 Å². The Morgan fingerprint density at radius 3 is 2.68 bits per heavy atom. The lowest BCUT2D eigenvalue weighted by Crippen LogP contribution is -2.32. The molecule has 0 spiro atoms. The van der Waals surface area contributed by atoms with Crippen LogP contribution in [0, 0.1) is 29.4 Å². The summed E-state index contributed by atoms with van der Waals surface area (Å²) in [5.41, 5.74) is 0.255. The Labute approximate surface area is 147 Å². The van der Waals surface area contributed by atoms with Crippen molar-refractivity contribution in [2.24, 2.45) is 5.92 Å². The molecular formula is C17H15F2N3O2S. The van der Waals surface area contributed by atoms with Gasteiger partial charge >= 0.3 is 0 Å². The molecule has 0 saturated carbocycles. The molecular weight excluding hydrogens is 348 g/mol. The van der Waals surface area contributed by atoms with Crippen LogP contribution in [0.4, 0.5) is 8.78 Å². The first-order chi connectivity index (χ1) is 12.2. The minimum absolute atomic E-state index is 0.0279. The summed E-state index contributed by atoms with van der Waals surface area (Å²) in [4.78, 5) is 2.37. The summed E-state index contributed by atoms with van der Waals surface area (Å²) in [5.74, 6) is 5.28. The number of halogens is 2. The average Bonchev–Trinajstić information content (AvgIpc) is 3.28. The summed E-state index contributed by atoms with van der Waals surface area (Å²) in [7, 11) is 0. The molecule has 2 saturated heterocycles. The van der Waals surface area contributed by atoms with Gasteiger partial charge in [0, 0.05) is 30.6 Å². The second-order valence-corrected chi connectivity index (χ2v) is 6.62. The SMILES string of the molecule is Fc1cc(F)cc(C#CCOc2nsnc2OC2CN3CCC2C3)c1. The summed E-state index contributed by atoms with van der Waals surface area (Å²) in [6.45, 7) is 3.15. The summed E-state index contributed by atoms with van der Waals surface area (Å²) in [6.07, 6.45) is 1.27. The van der Waals surface area contributed by atoms with Crippen LogP contribution in [0.3, 0.4) is 0 Å². The predicted octanol–water partition coefficient (Wildman–Crippen LogP) is 2.33. The molecule has 3 atom stereocenters. The summed E-state index contributed by atoms with van der Waals surface area (Å²) < 4.78 is 45.8. The highest BCUT2D eigenvalue weighted by molar-refractivity contribution is 6.99. The number of ether oxygens (including phenoxy) is 2. The fourth-order valence-electron chi connectivity index (χ4n) is 3.21. The predicted molar refractivity (Wildman–Crippen MR) is 87.6 cm³/mol.